The van der Waals surface area contributed by atoms with E-state index in [1.807, 2.05) is 6.20 Å². The van der Waals surface area contributed by atoms with Crippen LogP contribution in [0.25, 0.3) is 0 Å². The topological polar surface area (TPSA) is 41.1 Å². The molecule has 0 atom stereocenters. The van der Waals surface area contributed by atoms with Gasteiger partial charge < -0.3 is 10.2 Å². The monoisotopic (exact) mass is 304 g/mol. The fourth-order valence-electron chi connectivity index (χ4n) is 2.14. The van der Waals surface area contributed by atoms with Gasteiger partial charge in [0.25, 0.3) is 0 Å². The molecular formula is C16H24N4S. The van der Waals surface area contributed by atoms with Crippen molar-refractivity contribution in [3.63, 3.8) is 0 Å². The van der Waals surface area contributed by atoms with Crippen molar-refractivity contribution in [2.45, 2.75) is 39.8 Å². The summed E-state index contributed by atoms with van der Waals surface area (Å²) in [7, 11) is 2.10. The third-order valence-electron chi connectivity index (χ3n) is 3.33. The summed E-state index contributed by atoms with van der Waals surface area (Å²) in [5.41, 5.74) is 3.50. The van der Waals surface area contributed by atoms with Crippen molar-refractivity contribution in [1.82, 2.24) is 15.3 Å². The lowest BCUT2D eigenvalue weighted by Crippen LogP contribution is -2.22. The predicted octanol–water partition coefficient (Wildman–Crippen LogP) is 3.41. The molecule has 0 bridgehead atoms. The molecule has 0 spiro atoms. The molecule has 0 saturated heterocycles. The van der Waals surface area contributed by atoms with Crippen LogP contribution in [0, 0.1) is 0 Å². The molecule has 21 heavy (non-hydrogen) atoms. The van der Waals surface area contributed by atoms with E-state index in [0.717, 1.165) is 36.8 Å². The van der Waals surface area contributed by atoms with Crippen LogP contribution in [0.2, 0.25) is 0 Å². The lowest BCUT2D eigenvalue weighted by Gasteiger charge is -2.22. The number of thiophene rings is 1. The van der Waals surface area contributed by atoms with Crippen LogP contribution in [0.5, 0.6) is 0 Å². The molecule has 0 saturated carbocycles. The number of hydrogen-bond donors (Lipinski definition) is 1. The third-order valence-corrected chi connectivity index (χ3v) is 4.07. The average Bonchev–Trinajstić information content (AvgIpc) is 2.97. The van der Waals surface area contributed by atoms with E-state index in [0.29, 0.717) is 5.92 Å². The molecule has 0 unspecified atom stereocenters. The molecule has 2 rings (SSSR count). The van der Waals surface area contributed by atoms with Crippen molar-refractivity contribution in [2.24, 2.45) is 0 Å². The highest BCUT2D eigenvalue weighted by atomic mass is 32.1. The molecular weight excluding hydrogens is 280 g/mol. The van der Waals surface area contributed by atoms with Crippen LogP contribution >= 0.6 is 11.3 Å². The predicted molar refractivity (Wildman–Crippen MR) is 89.9 cm³/mol. The van der Waals surface area contributed by atoms with Crippen LogP contribution in [0.1, 0.15) is 43.8 Å². The highest BCUT2D eigenvalue weighted by molar-refractivity contribution is 7.07. The van der Waals surface area contributed by atoms with Crippen molar-refractivity contribution in [3.8, 4) is 0 Å². The Kier molecular flexibility index (Phi) is 5.70. The highest BCUT2D eigenvalue weighted by Crippen LogP contribution is 2.21. The van der Waals surface area contributed by atoms with E-state index in [9.17, 15) is 0 Å². The van der Waals surface area contributed by atoms with Crippen LogP contribution in [-0.4, -0.2) is 23.6 Å². The molecule has 0 aliphatic heterocycles. The van der Waals surface area contributed by atoms with Gasteiger partial charge in [0.1, 0.15) is 5.82 Å². The van der Waals surface area contributed by atoms with Gasteiger partial charge in [-0.25, -0.2) is 9.97 Å². The zero-order chi connectivity index (χ0) is 15.2. The van der Waals surface area contributed by atoms with Gasteiger partial charge in [-0.15, -0.1) is 0 Å². The van der Waals surface area contributed by atoms with Crippen LogP contribution in [0.15, 0.2) is 23.0 Å². The first-order chi connectivity index (χ1) is 10.1. The summed E-state index contributed by atoms with van der Waals surface area (Å²) in [6.45, 7) is 8.96. The smallest absolute Gasteiger partial charge is 0.131 e. The largest absolute Gasteiger partial charge is 0.367 e. The van der Waals surface area contributed by atoms with Crippen molar-refractivity contribution < 1.29 is 0 Å². The van der Waals surface area contributed by atoms with Gasteiger partial charge in [-0.3, -0.25) is 0 Å². The number of nitrogens with one attached hydrogen (secondary N) is 1. The molecule has 114 valence electrons. The minimum absolute atomic E-state index is 0.349. The van der Waals surface area contributed by atoms with E-state index in [-0.39, 0.29) is 0 Å². The van der Waals surface area contributed by atoms with Gasteiger partial charge in [0.2, 0.25) is 0 Å². The normalized spacial score (nSPS) is 11.1. The summed E-state index contributed by atoms with van der Waals surface area (Å²) in [5, 5.41) is 7.67. The van der Waals surface area contributed by atoms with Crippen molar-refractivity contribution in [2.75, 3.05) is 18.5 Å². The number of rotatable bonds is 7. The third kappa shape index (κ3) is 4.25. The molecule has 2 aromatic rings. The molecule has 0 radical (unpaired) electrons. The molecule has 2 aromatic heterocycles. The van der Waals surface area contributed by atoms with Crippen LogP contribution in [0.4, 0.5) is 5.69 Å². The minimum Gasteiger partial charge on any atom is -0.367 e. The van der Waals surface area contributed by atoms with Gasteiger partial charge in [-0.05, 0) is 28.9 Å². The van der Waals surface area contributed by atoms with E-state index in [4.69, 9.17) is 4.98 Å². The van der Waals surface area contributed by atoms with Gasteiger partial charge >= 0.3 is 0 Å². The fraction of sp³-hybridized carbons (Fsp3) is 0.500. The average molecular weight is 304 g/mol. The summed E-state index contributed by atoms with van der Waals surface area (Å²) < 4.78 is 0. The second-order valence-corrected chi connectivity index (χ2v) is 6.26. The Labute approximate surface area is 131 Å². The maximum atomic E-state index is 4.75. The Balaban J connectivity index is 2.23. The highest BCUT2D eigenvalue weighted by Gasteiger charge is 2.13. The molecule has 0 aromatic carbocycles. The standard InChI is InChI=1S/C16H24N4S/c1-5-17-8-14-15(9-18-16(19-14)12(2)3)20(4)10-13-6-7-21-11-13/h6-7,9,11-12,17H,5,8,10H2,1-4H3. The van der Waals surface area contributed by atoms with Gasteiger partial charge in [0.15, 0.2) is 0 Å². The molecule has 0 aliphatic rings. The molecule has 5 heteroatoms. The van der Waals surface area contributed by atoms with Gasteiger partial charge in [0.05, 0.1) is 17.6 Å². The van der Waals surface area contributed by atoms with Crippen LogP contribution in [0.3, 0.4) is 0 Å². The SMILES string of the molecule is CCNCc1nc(C(C)C)ncc1N(C)Cc1ccsc1. The van der Waals surface area contributed by atoms with Gasteiger partial charge in [0, 0.05) is 26.1 Å². The molecule has 4 nitrogen and oxygen atoms in total. The molecule has 0 aliphatic carbocycles. The summed E-state index contributed by atoms with van der Waals surface area (Å²) in [6, 6.07) is 2.16. The quantitative estimate of drug-likeness (QED) is 0.851. The summed E-state index contributed by atoms with van der Waals surface area (Å²) in [5.74, 6) is 1.26. The van der Waals surface area contributed by atoms with Gasteiger partial charge in [-0.2, -0.15) is 11.3 Å². The maximum Gasteiger partial charge on any atom is 0.131 e. The lowest BCUT2D eigenvalue weighted by atomic mass is 10.2. The fourth-order valence-corrected chi connectivity index (χ4v) is 2.80. The molecule has 2 heterocycles. The van der Waals surface area contributed by atoms with Crippen LogP contribution in [-0.2, 0) is 13.1 Å². The second kappa shape index (κ2) is 7.52. The zero-order valence-electron chi connectivity index (χ0n) is 13.3. The van der Waals surface area contributed by atoms with Crippen molar-refractivity contribution in [3.05, 3.63) is 40.1 Å². The van der Waals surface area contributed by atoms with E-state index in [1.54, 1.807) is 11.3 Å². The second-order valence-electron chi connectivity index (χ2n) is 5.48. The first kappa shape index (κ1) is 15.9. The Hall–Kier alpha value is -1.46. The summed E-state index contributed by atoms with van der Waals surface area (Å²) >= 11 is 1.73. The Morgan fingerprint density at radius 2 is 2.19 bits per heavy atom. The van der Waals surface area contributed by atoms with E-state index >= 15 is 0 Å². The summed E-state index contributed by atoms with van der Waals surface area (Å²) in [4.78, 5) is 11.5. The Morgan fingerprint density at radius 1 is 1.38 bits per heavy atom. The zero-order valence-corrected chi connectivity index (χ0v) is 14.1. The van der Waals surface area contributed by atoms with Gasteiger partial charge in [-0.1, -0.05) is 20.8 Å². The maximum absolute atomic E-state index is 4.75. The molecule has 1 N–H and O–H groups in total. The first-order valence-electron chi connectivity index (χ1n) is 7.40. The molecule has 0 amide bonds. The van der Waals surface area contributed by atoms with Crippen LogP contribution < -0.4 is 10.2 Å². The van der Waals surface area contributed by atoms with Crippen molar-refractivity contribution >= 4 is 17.0 Å². The van der Waals surface area contributed by atoms with E-state index < -0.39 is 0 Å². The van der Waals surface area contributed by atoms with E-state index in [2.05, 4.69) is 59.8 Å². The van der Waals surface area contributed by atoms with E-state index in [1.165, 1.54) is 5.56 Å². The number of anilines is 1. The lowest BCUT2D eigenvalue weighted by molar-refractivity contribution is 0.682. The first-order valence-corrected chi connectivity index (χ1v) is 8.34. The number of hydrogen-bond acceptors (Lipinski definition) is 5. The number of aromatic nitrogens is 2. The Morgan fingerprint density at radius 3 is 2.81 bits per heavy atom. The summed E-state index contributed by atoms with van der Waals surface area (Å²) in [6.07, 6.45) is 1.96. The van der Waals surface area contributed by atoms with Crippen molar-refractivity contribution in [1.29, 1.82) is 0 Å². The Bertz CT molecular complexity index is 551. The minimum atomic E-state index is 0.349. The molecule has 0 fully saturated rings. The number of nitrogens with zero attached hydrogens (tertiary/aromatic N) is 3.